The van der Waals surface area contributed by atoms with E-state index >= 15 is 0 Å². The minimum Gasteiger partial charge on any atom is -0.379 e. The van der Waals surface area contributed by atoms with Crippen molar-refractivity contribution >= 4 is 11.6 Å². The maximum Gasteiger partial charge on any atom is 0.269 e. The molecule has 2 rings (SSSR count). The molecule has 7 nitrogen and oxygen atoms in total. The van der Waals surface area contributed by atoms with Gasteiger partial charge < -0.3 is 10.1 Å². The molecule has 21 heavy (non-hydrogen) atoms. The molecule has 0 unspecified atom stereocenters. The standard InChI is InChI=1S/C14H19N3O4/c18-14(15-5-6-16-7-9-21-10-8-16)11-12-1-3-13(4-2-12)17(19)20/h1-4H,5-11H2,(H,15,18). The van der Waals surface area contributed by atoms with E-state index in [2.05, 4.69) is 10.2 Å². The van der Waals surface area contributed by atoms with Gasteiger partial charge in [0.05, 0.1) is 24.6 Å². The first-order chi connectivity index (χ1) is 10.1. The summed E-state index contributed by atoms with van der Waals surface area (Å²) in [7, 11) is 0. The van der Waals surface area contributed by atoms with Crippen molar-refractivity contribution in [3.8, 4) is 0 Å². The summed E-state index contributed by atoms with van der Waals surface area (Å²) in [4.78, 5) is 24.1. The molecule has 114 valence electrons. The van der Waals surface area contributed by atoms with Crippen LogP contribution < -0.4 is 5.32 Å². The molecule has 1 aromatic rings. The average molecular weight is 293 g/mol. The van der Waals surface area contributed by atoms with Crippen LogP contribution in [0.5, 0.6) is 0 Å². The van der Waals surface area contributed by atoms with Gasteiger partial charge in [-0.2, -0.15) is 0 Å². The van der Waals surface area contributed by atoms with E-state index in [-0.39, 0.29) is 18.0 Å². The van der Waals surface area contributed by atoms with E-state index in [1.807, 2.05) is 0 Å². The minimum absolute atomic E-state index is 0.0338. The number of benzene rings is 1. The number of carbonyl (C=O) groups excluding carboxylic acids is 1. The molecule has 1 N–H and O–H groups in total. The summed E-state index contributed by atoms with van der Waals surface area (Å²) in [6, 6.07) is 6.05. The number of hydrogen-bond donors (Lipinski definition) is 1. The zero-order chi connectivity index (χ0) is 15.1. The van der Waals surface area contributed by atoms with Gasteiger partial charge in [0.1, 0.15) is 0 Å². The molecule has 0 radical (unpaired) electrons. The number of carbonyl (C=O) groups is 1. The highest BCUT2D eigenvalue weighted by Gasteiger charge is 2.11. The number of nitrogens with one attached hydrogen (secondary N) is 1. The van der Waals surface area contributed by atoms with E-state index < -0.39 is 4.92 Å². The number of amides is 1. The molecule has 0 aromatic heterocycles. The van der Waals surface area contributed by atoms with E-state index in [0.29, 0.717) is 6.54 Å². The molecule has 0 aliphatic carbocycles. The highest BCUT2D eigenvalue weighted by Crippen LogP contribution is 2.12. The molecule has 1 amide bonds. The predicted octanol–water partition coefficient (Wildman–Crippen LogP) is 0.586. The number of rotatable bonds is 6. The van der Waals surface area contributed by atoms with Crippen LogP contribution >= 0.6 is 0 Å². The van der Waals surface area contributed by atoms with Gasteiger partial charge in [0.15, 0.2) is 0 Å². The van der Waals surface area contributed by atoms with E-state index in [4.69, 9.17) is 4.74 Å². The lowest BCUT2D eigenvalue weighted by molar-refractivity contribution is -0.384. The molecule has 1 aliphatic heterocycles. The highest BCUT2D eigenvalue weighted by molar-refractivity contribution is 5.78. The minimum atomic E-state index is -0.452. The van der Waals surface area contributed by atoms with Crippen molar-refractivity contribution in [2.75, 3.05) is 39.4 Å². The van der Waals surface area contributed by atoms with Crippen LogP contribution in [0.25, 0.3) is 0 Å². The van der Waals surface area contributed by atoms with Crippen molar-refractivity contribution in [3.05, 3.63) is 39.9 Å². The van der Waals surface area contributed by atoms with Gasteiger partial charge in [-0.3, -0.25) is 19.8 Å². The van der Waals surface area contributed by atoms with Crippen molar-refractivity contribution in [1.82, 2.24) is 10.2 Å². The van der Waals surface area contributed by atoms with Gasteiger partial charge in [-0.25, -0.2) is 0 Å². The van der Waals surface area contributed by atoms with Crippen LogP contribution in [0.3, 0.4) is 0 Å². The Labute approximate surface area is 123 Å². The molecular weight excluding hydrogens is 274 g/mol. The summed E-state index contributed by atoms with van der Waals surface area (Å²) < 4.78 is 5.26. The Kier molecular flexibility index (Phi) is 5.65. The molecule has 1 fully saturated rings. The van der Waals surface area contributed by atoms with Gasteiger partial charge >= 0.3 is 0 Å². The molecule has 0 spiro atoms. The molecule has 1 saturated heterocycles. The van der Waals surface area contributed by atoms with Gasteiger partial charge in [0.25, 0.3) is 5.69 Å². The fraction of sp³-hybridized carbons (Fsp3) is 0.500. The molecule has 1 heterocycles. The number of nitro groups is 1. The topological polar surface area (TPSA) is 84.7 Å². The van der Waals surface area contributed by atoms with Crippen molar-refractivity contribution in [2.45, 2.75) is 6.42 Å². The number of nitrogens with zero attached hydrogens (tertiary/aromatic N) is 2. The van der Waals surface area contributed by atoms with Crippen molar-refractivity contribution in [1.29, 1.82) is 0 Å². The third-order valence-electron chi connectivity index (χ3n) is 3.37. The third kappa shape index (κ3) is 5.13. The summed E-state index contributed by atoms with van der Waals surface area (Å²) in [6.07, 6.45) is 0.237. The second-order valence-corrected chi connectivity index (χ2v) is 4.90. The normalized spacial score (nSPS) is 15.6. The second kappa shape index (κ2) is 7.70. The fourth-order valence-corrected chi connectivity index (χ4v) is 2.16. The Morgan fingerprint density at radius 3 is 2.57 bits per heavy atom. The second-order valence-electron chi connectivity index (χ2n) is 4.90. The maximum atomic E-state index is 11.8. The zero-order valence-electron chi connectivity index (χ0n) is 11.8. The van der Waals surface area contributed by atoms with Crippen molar-refractivity contribution in [3.63, 3.8) is 0 Å². The molecule has 7 heteroatoms. The van der Waals surface area contributed by atoms with Gasteiger partial charge in [-0.1, -0.05) is 12.1 Å². The lowest BCUT2D eigenvalue weighted by Crippen LogP contribution is -2.41. The molecule has 1 aliphatic rings. The predicted molar refractivity (Wildman–Crippen MR) is 77.1 cm³/mol. The van der Waals surface area contributed by atoms with E-state index in [1.54, 1.807) is 12.1 Å². The summed E-state index contributed by atoms with van der Waals surface area (Å²) >= 11 is 0. The lowest BCUT2D eigenvalue weighted by Gasteiger charge is -2.26. The smallest absolute Gasteiger partial charge is 0.269 e. The summed E-state index contributed by atoms with van der Waals surface area (Å²) in [6.45, 7) is 4.71. The first-order valence-corrected chi connectivity index (χ1v) is 6.95. The summed E-state index contributed by atoms with van der Waals surface area (Å²) in [5, 5.41) is 13.4. The molecule has 0 atom stereocenters. The number of morpholine rings is 1. The highest BCUT2D eigenvalue weighted by atomic mass is 16.6. The largest absolute Gasteiger partial charge is 0.379 e. The van der Waals surface area contributed by atoms with Crippen LogP contribution in [-0.2, 0) is 16.0 Å². The van der Waals surface area contributed by atoms with Crippen LogP contribution in [0, 0.1) is 10.1 Å². The monoisotopic (exact) mass is 293 g/mol. The fourth-order valence-electron chi connectivity index (χ4n) is 2.16. The summed E-state index contributed by atoms with van der Waals surface area (Å²) in [5.41, 5.74) is 0.802. The third-order valence-corrected chi connectivity index (χ3v) is 3.37. The Balaban J connectivity index is 1.70. The van der Waals surface area contributed by atoms with Crippen LogP contribution in [-0.4, -0.2) is 55.1 Å². The van der Waals surface area contributed by atoms with E-state index in [9.17, 15) is 14.9 Å². The molecule has 0 saturated carbocycles. The molecule has 0 bridgehead atoms. The quantitative estimate of drug-likeness (QED) is 0.613. The number of nitro benzene ring substituents is 1. The van der Waals surface area contributed by atoms with Crippen LogP contribution in [0.1, 0.15) is 5.56 Å². The number of hydrogen-bond acceptors (Lipinski definition) is 5. The Bertz CT molecular complexity index is 483. The van der Waals surface area contributed by atoms with Gasteiger partial charge in [-0.05, 0) is 5.56 Å². The maximum absolute atomic E-state index is 11.8. The first kappa shape index (κ1) is 15.4. The van der Waals surface area contributed by atoms with Gasteiger partial charge in [-0.15, -0.1) is 0 Å². The zero-order valence-corrected chi connectivity index (χ0v) is 11.8. The molecular formula is C14H19N3O4. The van der Waals surface area contributed by atoms with Crippen molar-refractivity contribution < 1.29 is 14.5 Å². The van der Waals surface area contributed by atoms with Crippen molar-refractivity contribution in [2.24, 2.45) is 0 Å². The van der Waals surface area contributed by atoms with Gasteiger partial charge in [0.2, 0.25) is 5.91 Å². The lowest BCUT2D eigenvalue weighted by atomic mass is 10.1. The number of non-ortho nitro benzene ring substituents is 1. The Morgan fingerprint density at radius 2 is 1.95 bits per heavy atom. The van der Waals surface area contributed by atoms with E-state index in [0.717, 1.165) is 38.4 Å². The number of ether oxygens (including phenoxy) is 1. The van der Waals surface area contributed by atoms with E-state index in [1.165, 1.54) is 12.1 Å². The average Bonchev–Trinajstić information content (AvgIpc) is 2.49. The Morgan fingerprint density at radius 1 is 1.29 bits per heavy atom. The van der Waals surface area contributed by atoms with Crippen LogP contribution in [0.2, 0.25) is 0 Å². The van der Waals surface area contributed by atoms with Gasteiger partial charge in [0, 0.05) is 38.3 Å². The van der Waals surface area contributed by atoms with Crippen LogP contribution in [0.4, 0.5) is 5.69 Å². The van der Waals surface area contributed by atoms with Crippen LogP contribution in [0.15, 0.2) is 24.3 Å². The SMILES string of the molecule is O=C(Cc1ccc([N+](=O)[O-])cc1)NCCN1CCOCC1. The molecule has 1 aromatic carbocycles. The summed E-state index contributed by atoms with van der Waals surface area (Å²) in [5.74, 6) is -0.0721. The Hall–Kier alpha value is -1.99. The first-order valence-electron chi connectivity index (χ1n) is 6.95.